The van der Waals surface area contributed by atoms with Crippen LogP contribution in [0.25, 0.3) is 0 Å². The van der Waals surface area contributed by atoms with Crippen LogP contribution in [-0.4, -0.2) is 5.11 Å². The number of para-hydroxylation sites is 1. The van der Waals surface area contributed by atoms with Gasteiger partial charge in [-0.15, -0.1) is 0 Å². The molecule has 0 fully saturated rings. The molecular formula is C15H15ClO2. The van der Waals surface area contributed by atoms with Gasteiger partial charge in [-0.1, -0.05) is 29.8 Å². The minimum atomic E-state index is -0.0400. The van der Waals surface area contributed by atoms with Crippen LogP contribution in [0.3, 0.4) is 0 Å². The maximum absolute atomic E-state index is 9.25. The van der Waals surface area contributed by atoms with Crippen LogP contribution in [0.1, 0.15) is 16.7 Å². The predicted molar refractivity (Wildman–Crippen MR) is 73.4 cm³/mol. The van der Waals surface area contributed by atoms with E-state index >= 15 is 0 Å². The molecule has 94 valence electrons. The molecule has 2 rings (SSSR count). The highest BCUT2D eigenvalue weighted by molar-refractivity contribution is 6.32. The number of hydrogen-bond donors (Lipinski definition) is 1. The lowest BCUT2D eigenvalue weighted by molar-refractivity contribution is 0.276. The van der Waals surface area contributed by atoms with Gasteiger partial charge in [-0.05, 0) is 43.2 Å². The summed E-state index contributed by atoms with van der Waals surface area (Å²) < 4.78 is 5.80. The Bertz CT molecular complexity index is 541. The van der Waals surface area contributed by atoms with Crippen LogP contribution in [-0.2, 0) is 6.61 Å². The van der Waals surface area contributed by atoms with Gasteiger partial charge < -0.3 is 9.84 Å². The summed E-state index contributed by atoms with van der Waals surface area (Å²) in [5.74, 6) is 1.40. The second kappa shape index (κ2) is 5.42. The van der Waals surface area contributed by atoms with E-state index in [0.717, 1.165) is 27.5 Å². The number of benzene rings is 2. The molecule has 18 heavy (non-hydrogen) atoms. The van der Waals surface area contributed by atoms with Gasteiger partial charge in [0.1, 0.15) is 11.5 Å². The standard InChI is InChI=1S/C15H15ClO2/c1-10-7-13(8-11(2)15(10)16)18-14-6-4-3-5-12(14)9-17/h3-8,17H,9H2,1-2H3. The van der Waals surface area contributed by atoms with Crippen molar-refractivity contribution in [2.45, 2.75) is 20.5 Å². The smallest absolute Gasteiger partial charge is 0.132 e. The van der Waals surface area contributed by atoms with E-state index < -0.39 is 0 Å². The first kappa shape index (κ1) is 12.9. The molecular weight excluding hydrogens is 248 g/mol. The van der Waals surface area contributed by atoms with Crippen LogP contribution in [0.5, 0.6) is 11.5 Å². The Morgan fingerprint density at radius 2 is 1.72 bits per heavy atom. The van der Waals surface area contributed by atoms with E-state index in [1.807, 2.05) is 50.2 Å². The van der Waals surface area contributed by atoms with E-state index in [0.29, 0.717) is 5.75 Å². The molecule has 0 aliphatic rings. The number of aliphatic hydroxyl groups is 1. The summed E-state index contributed by atoms with van der Waals surface area (Å²) in [6, 6.07) is 11.2. The second-order valence-electron chi connectivity index (χ2n) is 4.24. The zero-order chi connectivity index (χ0) is 13.1. The normalized spacial score (nSPS) is 10.4. The van der Waals surface area contributed by atoms with Crippen molar-refractivity contribution in [2.24, 2.45) is 0 Å². The van der Waals surface area contributed by atoms with Gasteiger partial charge in [-0.2, -0.15) is 0 Å². The van der Waals surface area contributed by atoms with Gasteiger partial charge in [-0.25, -0.2) is 0 Å². The Morgan fingerprint density at radius 1 is 1.11 bits per heavy atom. The number of aryl methyl sites for hydroxylation is 2. The lowest BCUT2D eigenvalue weighted by Crippen LogP contribution is -1.92. The summed E-state index contributed by atoms with van der Waals surface area (Å²) in [7, 11) is 0. The van der Waals surface area contributed by atoms with Gasteiger partial charge in [0.2, 0.25) is 0 Å². The zero-order valence-corrected chi connectivity index (χ0v) is 11.2. The molecule has 2 aromatic carbocycles. The van der Waals surface area contributed by atoms with Gasteiger partial charge in [0.15, 0.2) is 0 Å². The van der Waals surface area contributed by atoms with Crippen molar-refractivity contribution in [3.8, 4) is 11.5 Å². The molecule has 0 spiro atoms. The summed E-state index contributed by atoms with van der Waals surface area (Å²) in [4.78, 5) is 0. The first-order chi connectivity index (χ1) is 8.61. The highest BCUT2D eigenvalue weighted by Gasteiger charge is 2.07. The van der Waals surface area contributed by atoms with Gasteiger partial charge in [-0.3, -0.25) is 0 Å². The van der Waals surface area contributed by atoms with Crippen molar-refractivity contribution >= 4 is 11.6 Å². The van der Waals surface area contributed by atoms with E-state index in [1.165, 1.54) is 0 Å². The molecule has 0 amide bonds. The lowest BCUT2D eigenvalue weighted by Gasteiger charge is -2.12. The Labute approximate surface area is 112 Å². The molecule has 0 saturated carbocycles. The van der Waals surface area contributed by atoms with Crippen LogP contribution < -0.4 is 4.74 Å². The molecule has 0 unspecified atom stereocenters. The maximum Gasteiger partial charge on any atom is 0.132 e. The largest absolute Gasteiger partial charge is 0.457 e. The summed E-state index contributed by atoms with van der Waals surface area (Å²) in [5.41, 5.74) is 2.73. The van der Waals surface area contributed by atoms with Crippen molar-refractivity contribution in [3.05, 3.63) is 58.1 Å². The molecule has 1 N–H and O–H groups in total. The first-order valence-electron chi connectivity index (χ1n) is 5.75. The molecule has 0 radical (unpaired) electrons. The summed E-state index contributed by atoms with van der Waals surface area (Å²) >= 11 is 6.12. The highest BCUT2D eigenvalue weighted by Crippen LogP contribution is 2.30. The SMILES string of the molecule is Cc1cc(Oc2ccccc2CO)cc(C)c1Cl. The number of ether oxygens (including phenoxy) is 1. The second-order valence-corrected chi connectivity index (χ2v) is 4.62. The quantitative estimate of drug-likeness (QED) is 0.896. The Morgan fingerprint density at radius 3 is 2.33 bits per heavy atom. The van der Waals surface area contributed by atoms with Crippen LogP contribution in [0, 0.1) is 13.8 Å². The fraction of sp³-hybridized carbons (Fsp3) is 0.200. The summed E-state index contributed by atoms with van der Waals surface area (Å²) in [6.07, 6.45) is 0. The fourth-order valence-electron chi connectivity index (χ4n) is 1.83. The monoisotopic (exact) mass is 262 g/mol. The lowest BCUT2D eigenvalue weighted by atomic mass is 10.1. The molecule has 0 atom stereocenters. The van der Waals surface area contributed by atoms with Gasteiger partial charge in [0, 0.05) is 10.6 Å². The first-order valence-corrected chi connectivity index (χ1v) is 6.13. The molecule has 2 aromatic rings. The van der Waals surface area contributed by atoms with Gasteiger partial charge in [0.25, 0.3) is 0 Å². The molecule has 0 aliphatic heterocycles. The van der Waals surface area contributed by atoms with Crippen molar-refractivity contribution in [3.63, 3.8) is 0 Å². The van der Waals surface area contributed by atoms with E-state index in [1.54, 1.807) is 0 Å². The average molecular weight is 263 g/mol. The molecule has 3 heteroatoms. The van der Waals surface area contributed by atoms with Crippen molar-refractivity contribution < 1.29 is 9.84 Å². The molecule has 0 saturated heterocycles. The fourth-order valence-corrected chi connectivity index (χ4v) is 1.94. The van der Waals surface area contributed by atoms with E-state index in [2.05, 4.69) is 0 Å². The minimum Gasteiger partial charge on any atom is -0.457 e. The summed E-state index contributed by atoms with van der Waals surface area (Å²) in [6.45, 7) is 3.85. The highest BCUT2D eigenvalue weighted by atomic mass is 35.5. The third-order valence-electron chi connectivity index (χ3n) is 2.78. The van der Waals surface area contributed by atoms with Crippen molar-refractivity contribution in [1.82, 2.24) is 0 Å². The topological polar surface area (TPSA) is 29.5 Å². The molecule has 0 aromatic heterocycles. The van der Waals surface area contributed by atoms with Crippen LogP contribution >= 0.6 is 11.6 Å². The number of rotatable bonds is 3. The predicted octanol–water partition coefficient (Wildman–Crippen LogP) is 4.24. The number of hydrogen-bond acceptors (Lipinski definition) is 2. The Kier molecular flexibility index (Phi) is 3.90. The van der Waals surface area contributed by atoms with Gasteiger partial charge in [0.05, 0.1) is 6.61 Å². The molecule has 2 nitrogen and oxygen atoms in total. The minimum absolute atomic E-state index is 0.0400. The molecule has 0 heterocycles. The number of aliphatic hydroxyl groups excluding tert-OH is 1. The van der Waals surface area contributed by atoms with Crippen LogP contribution in [0.15, 0.2) is 36.4 Å². The van der Waals surface area contributed by atoms with Crippen LogP contribution in [0.2, 0.25) is 5.02 Å². The summed E-state index contributed by atoms with van der Waals surface area (Å²) in [5, 5.41) is 10.0. The van der Waals surface area contributed by atoms with Crippen molar-refractivity contribution in [2.75, 3.05) is 0 Å². The average Bonchev–Trinajstić information content (AvgIpc) is 2.36. The third kappa shape index (κ3) is 2.66. The molecule has 0 bridgehead atoms. The maximum atomic E-state index is 9.25. The van der Waals surface area contributed by atoms with Crippen molar-refractivity contribution in [1.29, 1.82) is 0 Å². The molecule has 0 aliphatic carbocycles. The Hall–Kier alpha value is -1.51. The van der Waals surface area contributed by atoms with Gasteiger partial charge >= 0.3 is 0 Å². The third-order valence-corrected chi connectivity index (χ3v) is 3.38. The zero-order valence-electron chi connectivity index (χ0n) is 10.4. The van der Waals surface area contributed by atoms with E-state index in [4.69, 9.17) is 16.3 Å². The Balaban J connectivity index is 2.34. The van der Waals surface area contributed by atoms with E-state index in [9.17, 15) is 5.11 Å². The van der Waals surface area contributed by atoms with E-state index in [-0.39, 0.29) is 6.61 Å². The number of halogens is 1. The van der Waals surface area contributed by atoms with Crippen LogP contribution in [0.4, 0.5) is 0 Å².